The number of halogens is 1. The van der Waals surface area contributed by atoms with E-state index >= 15 is 0 Å². The molecule has 1 aromatic rings. The largest absolute Gasteiger partial charge is 0.364 e. The normalized spacial score (nSPS) is 17.2. The summed E-state index contributed by atoms with van der Waals surface area (Å²) in [6.45, 7) is 7.52. The Morgan fingerprint density at radius 2 is 2.04 bits per heavy atom. The molecule has 1 N–H and O–H groups in total. The van der Waals surface area contributed by atoms with Crippen LogP contribution in [0.4, 0.5) is 0 Å². The maximum absolute atomic E-state index is 12.5. The number of guanidine groups is 1. The minimum Gasteiger partial charge on any atom is -0.364 e. The van der Waals surface area contributed by atoms with Gasteiger partial charge in [0.25, 0.3) is 0 Å². The van der Waals surface area contributed by atoms with Crippen molar-refractivity contribution in [3.8, 4) is 0 Å². The topological polar surface area (TPSA) is 91.0 Å². The SMILES string of the molecule is CCCCC(CC)CNC(=NC)N1CCN(S(=O)(=O)Cc2ccon2)CC1.I. The summed E-state index contributed by atoms with van der Waals surface area (Å²) in [5, 5.41) is 7.18. The van der Waals surface area contributed by atoms with Crippen LogP contribution in [0.5, 0.6) is 0 Å². The maximum atomic E-state index is 12.5. The Morgan fingerprint density at radius 3 is 2.57 bits per heavy atom. The van der Waals surface area contributed by atoms with Gasteiger partial charge in [-0.2, -0.15) is 4.31 Å². The van der Waals surface area contributed by atoms with E-state index in [0.29, 0.717) is 37.8 Å². The Kier molecular flexibility index (Phi) is 11.4. The Bertz CT molecular complexity index is 673. The minimum absolute atomic E-state index is 0. The molecule has 162 valence electrons. The number of rotatable bonds is 9. The summed E-state index contributed by atoms with van der Waals surface area (Å²) in [4.78, 5) is 6.52. The van der Waals surface area contributed by atoms with Crippen molar-refractivity contribution < 1.29 is 12.9 Å². The molecular weight excluding hydrogens is 493 g/mol. The Morgan fingerprint density at radius 1 is 1.32 bits per heavy atom. The molecule has 0 spiro atoms. The molecule has 1 aliphatic rings. The molecule has 0 radical (unpaired) electrons. The van der Waals surface area contributed by atoms with Gasteiger partial charge >= 0.3 is 0 Å². The summed E-state index contributed by atoms with van der Waals surface area (Å²) < 4.78 is 31.3. The first-order valence-corrected chi connectivity index (χ1v) is 11.4. The van der Waals surface area contributed by atoms with Crippen LogP contribution in [0.2, 0.25) is 0 Å². The van der Waals surface area contributed by atoms with Crippen LogP contribution in [-0.4, -0.2) is 68.5 Å². The molecule has 2 rings (SSSR count). The first kappa shape index (κ1) is 25.2. The van der Waals surface area contributed by atoms with Gasteiger partial charge in [0.2, 0.25) is 10.0 Å². The average Bonchev–Trinajstić information content (AvgIpc) is 3.17. The van der Waals surface area contributed by atoms with E-state index in [-0.39, 0.29) is 29.7 Å². The van der Waals surface area contributed by atoms with Crippen molar-refractivity contribution >= 4 is 40.0 Å². The van der Waals surface area contributed by atoms with Crippen LogP contribution in [-0.2, 0) is 15.8 Å². The third-order valence-corrected chi connectivity index (χ3v) is 6.87. The van der Waals surface area contributed by atoms with Gasteiger partial charge in [-0.25, -0.2) is 8.42 Å². The van der Waals surface area contributed by atoms with Gasteiger partial charge in [0, 0.05) is 45.8 Å². The molecule has 8 nitrogen and oxygen atoms in total. The second-order valence-electron chi connectivity index (χ2n) is 6.98. The fourth-order valence-electron chi connectivity index (χ4n) is 3.28. The molecule has 1 fully saturated rings. The van der Waals surface area contributed by atoms with Gasteiger partial charge in [0.15, 0.2) is 5.96 Å². The highest BCUT2D eigenvalue weighted by Gasteiger charge is 2.29. The Labute approximate surface area is 186 Å². The zero-order valence-corrected chi connectivity index (χ0v) is 20.3. The van der Waals surface area contributed by atoms with Crippen molar-refractivity contribution in [2.45, 2.75) is 45.3 Å². The average molecular weight is 527 g/mol. The molecule has 0 aliphatic carbocycles. The standard InChI is InChI=1S/C18H33N5O3S.HI/c1-4-6-7-16(5-2)14-20-18(19-3)22-9-11-23(12-10-22)27(24,25)15-17-8-13-26-21-17;/h8,13,16H,4-7,9-12,14-15H2,1-3H3,(H,19,20);1H. The molecule has 1 aromatic heterocycles. The predicted octanol–water partition coefficient (Wildman–Crippen LogP) is 2.53. The van der Waals surface area contributed by atoms with Crippen LogP contribution in [0.15, 0.2) is 21.8 Å². The van der Waals surface area contributed by atoms with Crippen LogP contribution in [0.3, 0.4) is 0 Å². The predicted molar refractivity (Wildman–Crippen MR) is 122 cm³/mol. The van der Waals surface area contributed by atoms with Gasteiger partial charge in [0.1, 0.15) is 12.0 Å². The zero-order chi connectivity index (χ0) is 19.7. The van der Waals surface area contributed by atoms with E-state index in [1.54, 1.807) is 13.1 Å². The van der Waals surface area contributed by atoms with E-state index in [0.717, 1.165) is 18.9 Å². The summed E-state index contributed by atoms with van der Waals surface area (Å²) in [7, 11) is -1.60. The fraction of sp³-hybridized carbons (Fsp3) is 0.778. The lowest BCUT2D eigenvalue weighted by Gasteiger charge is -2.36. The number of nitrogens with one attached hydrogen (secondary N) is 1. The lowest BCUT2D eigenvalue weighted by molar-refractivity contribution is 0.258. The molecule has 28 heavy (non-hydrogen) atoms. The number of hydrogen-bond donors (Lipinski definition) is 1. The molecule has 1 saturated heterocycles. The van der Waals surface area contributed by atoms with Crippen LogP contribution < -0.4 is 5.32 Å². The number of sulfonamides is 1. The van der Waals surface area contributed by atoms with E-state index < -0.39 is 10.0 Å². The smallest absolute Gasteiger partial charge is 0.220 e. The third kappa shape index (κ3) is 7.51. The zero-order valence-electron chi connectivity index (χ0n) is 17.1. The first-order valence-electron chi connectivity index (χ1n) is 9.82. The van der Waals surface area contributed by atoms with Gasteiger partial charge in [-0.05, 0) is 12.3 Å². The van der Waals surface area contributed by atoms with Crippen LogP contribution in [0.1, 0.15) is 45.2 Å². The van der Waals surface area contributed by atoms with Gasteiger partial charge in [-0.15, -0.1) is 24.0 Å². The quantitative estimate of drug-likeness (QED) is 0.302. The number of hydrogen-bond acceptors (Lipinski definition) is 5. The summed E-state index contributed by atoms with van der Waals surface area (Å²) in [6, 6.07) is 1.59. The summed E-state index contributed by atoms with van der Waals surface area (Å²) in [5.41, 5.74) is 0.438. The number of unbranched alkanes of at least 4 members (excludes halogenated alkanes) is 1. The van der Waals surface area contributed by atoms with Crippen molar-refractivity contribution in [3.63, 3.8) is 0 Å². The van der Waals surface area contributed by atoms with E-state index in [1.165, 1.54) is 29.8 Å². The van der Waals surface area contributed by atoms with Crippen molar-refractivity contribution in [1.29, 1.82) is 0 Å². The van der Waals surface area contributed by atoms with Crippen LogP contribution in [0, 0.1) is 5.92 Å². The summed E-state index contributed by atoms with van der Waals surface area (Å²) in [5.74, 6) is 1.39. The number of aromatic nitrogens is 1. The maximum Gasteiger partial charge on any atom is 0.220 e. The minimum atomic E-state index is -3.38. The first-order chi connectivity index (χ1) is 13.0. The fourth-order valence-corrected chi connectivity index (χ4v) is 4.70. The van der Waals surface area contributed by atoms with Crippen molar-refractivity contribution in [1.82, 2.24) is 19.7 Å². The molecule has 1 aliphatic heterocycles. The van der Waals surface area contributed by atoms with Crippen molar-refractivity contribution in [2.24, 2.45) is 10.9 Å². The van der Waals surface area contributed by atoms with Gasteiger partial charge in [-0.1, -0.05) is 38.3 Å². The molecule has 0 saturated carbocycles. The third-order valence-electron chi connectivity index (χ3n) is 5.06. The molecule has 0 aromatic carbocycles. The second kappa shape index (κ2) is 12.6. The Hall–Kier alpha value is -0.880. The van der Waals surface area contributed by atoms with Crippen molar-refractivity contribution in [3.05, 3.63) is 18.0 Å². The molecule has 1 unspecified atom stereocenters. The van der Waals surface area contributed by atoms with Gasteiger partial charge in [0.05, 0.1) is 5.69 Å². The van der Waals surface area contributed by atoms with E-state index in [1.807, 2.05) is 0 Å². The summed E-state index contributed by atoms with van der Waals surface area (Å²) in [6.07, 6.45) is 6.24. The van der Waals surface area contributed by atoms with Crippen LogP contribution in [0.25, 0.3) is 0 Å². The molecule has 1 atom stereocenters. The Balaban J connectivity index is 0.00000392. The highest BCUT2D eigenvalue weighted by molar-refractivity contribution is 14.0. The van der Waals surface area contributed by atoms with Gasteiger partial charge < -0.3 is 14.7 Å². The van der Waals surface area contributed by atoms with E-state index in [9.17, 15) is 8.42 Å². The molecule has 10 heteroatoms. The molecular formula is C18H34IN5O3S. The van der Waals surface area contributed by atoms with Gasteiger partial charge in [-0.3, -0.25) is 4.99 Å². The number of aliphatic imine (C=N–C) groups is 1. The second-order valence-corrected chi connectivity index (χ2v) is 8.95. The number of piperazine rings is 1. The highest BCUT2D eigenvalue weighted by Crippen LogP contribution is 2.14. The molecule has 0 amide bonds. The molecule has 0 bridgehead atoms. The van der Waals surface area contributed by atoms with E-state index in [4.69, 9.17) is 4.52 Å². The van der Waals surface area contributed by atoms with Crippen molar-refractivity contribution in [2.75, 3.05) is 39.8 Å². The monoisotopic (exact) mass is 527 g/mol. The molecule has 2 heterocycles. The lowest BCUT2D eigenvalue weighted by Crippen LogP contribution is -2.54. The van der Waals surface area contributed by atoms with Crippen LogP contribution >= 0.6 is 24.0 Å². The highest BCUT2D eigenvalue weighted by atomic mass is 127. The number of nitrogens with zero attached hydrogens (tertiary/aromatic N) is 4. The van der Waals surface area contributed by atoms with E-state index in [2.05, 4.69) is 34.2 Å². The lowest BCUT2D eigenvalue weighted by atomic mass is 9.99. The summed E-state index contributed by atoms with van der Waals surface area (Å²) >= 11 is 0.